The Morgan fingerprint density at radius 2 is 0.597 bits per heavy atom. The summed E-state index contributed by atoms with van der Waals surface area (Å²) in [5.74, 6) is 0. The maximum atomic E-state index is 5.44. The molecule has 0 saturated carbocycles. The lowest BCUT2D eigenvalue weighted by Crippen LogP contribution is -1.95. The summed E-state index contributed by atoms with van der Waals surface area (Å²) in [6.07, 6.45) is 0. The van der Waals surface area contributed by atoms with Crippen LogP contribution in [0.4, 0.5) is 0 Å². The zero-order chi connectivity index (χ0) is 47.0. The first-order valence-electron chi connectivity index (χ1n) is 24.9. The Hall–Kier alpha value is -9.57. The highest BCUT2D eigenvalue weighted by Crippen LogP contribution is 2.44. The number of nitrogens with zero attached hydrogens (tertiary/aromatic N) is 3. The molecule has 0 fully saturated rings. The number of rotatable bonds is 4. The lowest BCUT2D eigenvalue weighted by atomic mass is 9.90. The molecule has 13 aromatic carbocycles. The topological polar surface area (TPSA) is 22.8 Å². The molecular formula is C69H41N3. The molecule has 0 aliphatic carbocycles. The molecule has 72 heavy (non-hydrogen) atoms. The first-order valence-corrected chi connectivity index (χ1v) is 24.9. The molecule has 0 amide bonds. The molecule has 3 heteroatoms. The summed E-state index contributed by atoms with van der Waals surface area (Å²) in [6, 6.07) is 91.6. The van der Waals surface area contributed by atoms with Gasteiger partial charge >= 0.3 is 0 Å². The van der Waals surface area contributed by atoms with E-state index in [-0.39, 0.29) is 0 Å². The van der Waals surface area contributed by atoms with E-state index in [0.717, 1.165) is 28.1 Å². The number of hydrogen-bond donors (Lipinski definition) is 0. The first-order chi connectivity index (χ1) is 35.7. The van der Waals surface area contributed by atoms with Gasteiger partial charge in [-0.25, -0.2) is 4.98 Å². The molecule has 0 unspecified atom stereocenters. The highest BCUT2D eigenvalue weighted by atomic mass is 15.0. The highest BCUT2D eigenvalue weighted by molar-refractivity contribution is 6.33. The Bertz CT molecular complexity index is 4940. The summed E-state index contributed by atoms with van der Waals surface area (Å²) in [6.45, 7) is 0. The van der Waals surface area contributed by atoms with Gasteiger partial charge in [-0.2, -0.15) is 0 Å². The van der Waals surface area contributed by atoms with Gasteiger partial charge in [0.25, 0.3) is 0 Å². The largest absolute Gasteiger partial charge is 0.309 e. The minimum absolute atomic E-state index is 1.00. The van der Waals surface area contributed by atoms with Crippen LogP contribution in [0, 0.1) is 0 Å². The molecule has 3 aromatic heterocycles. The fourth-order valence-corrected chi connectivity index (χ4v) is 12.5. The maximum Gasteiger partial charge on any atom is 0.0794 e. The molecule has 16 rings (SSSR count). The lowest BCUT2D eigenvalue weighted by molar-refractivity contribution is 1.18. The average Bonchev–Trinajstić information content (AvgIpc) is 3.97. The number of hydrogen-bond acceptors (Lipinski definition) is 1. The maximum absolute atomic E-state index is 5.44. The van der Waals surface area contributed by atoms with Crippen molar-refractivity contribution in [3.63, 3.8) is 0 Å². The van der Waals surface area contributed by atoms with Gasteiger partial charge in [-0.1, -0.05) is 182 Å². The minimum atomic E-state index is 1.00. The SMILES string of the molecule is c1ccc2c(c1)nc(-c1ccc(-n3c4ccccc4c4cc(-c5ccc6c(c5)c5ccccc5n6-c5ccc6c7ccccc7c7ccccc7c6c5)ccc43)cc1)c1c3ccccc3c3ccccc3c21. The van der Waals surface area contributed by atoms with Crippen molar-refractivity contribution in [1.29, 1.82) is 0 Å². The van der Waals surface area contributed by atoms with Crippen molar-refractivity contribution in [3.05, 3.63) is 249 Å². The van der Waals surface area contributed by atoms with Crippen molar-refractivity contribution in [3.8, 4) is 33.8 Å². The van der Waals surface area contributed by atoms with Crippen molar-refractivity contribution in [2.75, 3.05) is 0 Å². The van der Waals surface area contributed by atoms with E-state index in [9.17, 15) is 0 Å². The van der Waals surface area contributed by atoms with Crippen LogP contribution in [0.5, 0.6) is 0 Å². The van der Waals surface area contributed by atoms with Crippen molar-refractivity contribution < 1.29 is 0 Å². The predicted molar refractivity (Wildman–Crippen MR) is 306 cm³/mol. The molecule has 0 spiro atoms. The van der Waals surface area contributed by atoms with Gasteiger partial charge in [-0.3, -0.25) is 0 Å². The van der Waals surface area contributed by atoms with Gasteiger partial charge in [0.2, 0.25) is 0 Å². The Morgan fingerprint density at radius 3 is 1.15 bits per heavy atom. The molecule has 0 N–H and O–H groups in total. The van der Waals surface area contributed by atoms with E-state index < -0.39 is 0 Å². The Morgan fingerprint density at radius 1 is 0.222 bits per heavy atom. The monoisotopic (exact) mass is 911 g/mol. The van der Waals surface area contributed by atoms with Gasteiger partial charge in [-0.15, -0.1) is 0 Å². The summed E-state index contributed by atoms with van der Waals surface area (Å²) < 4.78 is 4.86. The quantitative estimate of drug-likeness (QED) is 0.161. The van der Waals surface area contributed by atoms with Crippen LogP contribution in [0.15, 0.2) is 249 Å². The number of pyridine rings is 1. The third-order valence-electron chi connectivity index (χ3n) is 15.6. The second-order valence-corrected chi connectivity index (χ2v) is 19.4. The second kappa shape index (κ2) is 15.0. The van der Waals surface area contributed by atoms with Gasteiger partial charge in [0, 0.05) is 54.6 Å². The fraction of sp³-hybridized carbons (Fsp3) is 0. The molecule has 0 saturated heterocycles. The highest BCUT2D eigenvalue weighted by Gasteiger charge is 2.20. The Labute approximate surface area is 413 Å². The minimum Gasteiger partial charge on any atom is -0.309 e. The number of para-hydroxylation sites is 3. The van der Waals surface area contributed by atoms with E-state index >= 15 is 0 Å². The normalized spacial score (nSPS) is 12.2. The van der Waals surface area contributed by atoms with Crippen LogP contribution in [-0.2, 0) is 0 Å². The standard InChI is InChI=1S/C69H41N3/c1-2-17-49-47(15-1)48-16-3-4-20-52(48)59-41-46(35-36-53(49)59)72-64-28-14-11-22-55(64)61-40-44(32-38-66(61)72)43-31-37-65-60(39-43)54-21-10-13-27-63(54)71(65)45-33-29-42(30-34-45)69-68-57-24-8-6-19-51(57)50-18-5-7-23-56(50)67(68)58-25-9-12-26-62(58)70-69/h1-41H. The summed E-state index contributed by atoms with van der Waals surface area (Å²) >= 11 is 0. The molecule has 16 aromatic rings. The van der Waals surface area contributed by atoms with Crippen molar-refractivity contribution in [1.82, 2.24) is 14.1 Å². The second-order valence-electron chi connectivity index (χ2n) is 19.4. The molecule has 0 atom stereocenters. The first kappa shape index (κ1) is 39.3. The Balaban J connectivity index is 0.828. The van der Waals surface area contributed by atoms with Crippen LogP contribution < -0.4 is 0 Å². The number of aromatic nitrogens is 3. The summed E-state index contributed by atoms with van der Waals surface area (Å²) in [7, 11) is 0. The number of benzene rings is 13. The molecular weight excluding hydrogens is 871 g/mol. The third-order valence-corrected chi connectivity index (χ3v) is 15.6. The van der Waals surface area contributed by atoms with Crippen LogP contribution in [0.25, 0.3) is 153 Å². The molecule has 332 valence electrons. The van der Waals surface area contributed by atoms with E-state index in [2.05, 4.69) is 258 Å². The van der Waals surface area contributed by atoms with E-state index in [4.69, 9.17) is 4.98 Å². The van der Waals surface area contributed by atoms with Crippen molar-refractivity contribution >= 4 is 119 Å². The van der Waals surface area contributed by atoms with Gasteiger partial charge in [0.15, 0.2) is 0 Å². The van der Waals surface area contributed by atoms with E-state index in [1.807, 2.05) is 0 Å². The Kier molecular flexibility index (Phi) is 8.17. The van der Waals surface area contributed by atoms with Crippen LogP contribution >= 0.6 is 0 Å². The smallest absolute Gasteiger partial charge is 0.0794 e. The number of fused-ring (bicyclic) bond motifs is 20. The van der Waals surface area contributed by atoms with Gasteiger partial charge < -0.3 is 9.13 Å². The summed E-state index contributed by atoms with van der Waals surface area (Å²) in [4.78, 5) is 5.44. The summed E-state index contributed by atoms with van der Waals surface area (Å²) in [5, 5.41) is 21.2. The van der Waals surface area contributed by atoms with Crippen LogP contribution in [0.2, 0.25) is 0 Å². The van der Waals surface area contributed by atoms with Gasteiger partial charge in [0.1, 0.15) is 0 Å². The zero-order valence-corrected chi connectivity index (χ0v) is 39.0. The van der Waals surface area contributed by atoms with Crippen molar-refractivity contribution in [2.24, 2.45) is 0 Å². The van der Waals surface area contributed by atoms with E-state index in [0.29, 0.717) is 0 Å². The lowest BCUT2D eigenvalue weighted by Gasteiger charge is -2.16. The molecule has 3 heterocycles. The summed E-state index contributed by atoms with van der Waals surface area (Å²) in [5.41, 5.74) is 12.5. The third kappa shape index (κ3) is 5.53. The van der Waals surface area contributed by atoms with E-state index in [1.165, 1.54) is 125 Å². The predicted octanol–water partition coefficient (Wildman–Crippen LogP) is 18.7. The van der Waals surface area contributed by atoms with Crippen LogP contribution in [0.3, 0.4) is 0 Å². The molecule has 0 aliphatic rings. The molecule has 0 radical (unpaired) electrons. The molecule has 3 nitrogen and oxygen atoms in total. The van der Waals surface area contributed by atoms with Crippen LogP contribution in [-0.4, -0.2) is 14.1 Å². The molecule has 0 aliphatic heterocycles. The zero-order valence-electron chi connectivity index (χ0n) is 39.0. The van der Waals surface area contributed by atoms with Gasteiger partial charge in [-0.05, 0) is 132 Å². The fourth-order valence-electron chi connectivity index (χ4n) is 12.5. The molecule has 0 bridgehead atoms. The average molecular weight is 912 g/mol. The van der Waals surface area contributed by atoms with Crippen LogP contribution in [0.1, 0.15) is 0 Å². The van der Waals surface area contributed by atoms with Gasteiger partial charge in [0.05, 0.1) is 33.3 Å². The van der Waals surface area contributed by atoms with Crippen molar-refractivity contribution in [2.45, 2.75) is 0 Å². The van der Waals surface area contributed by atoms with E-state index in [1.54, 1.807) is 0 Å².